The standard InChI is InChI=1S/C11H20.C8H16.2C7H14.C6H12.C6H14.3C5H12.3C4H10.C3H8.C2H6/c1-10-4-8-11(9-5-10)6-2-3-7-11;1-2-8-6-4-3-5-7-8;1-7-5-3-2-4-6-7;1-2-7-5-3-4-6-7;1-6-4-2-3-5-6;1-5-6(2,3)4;1-5(2,3)4;1-4-5(2)3;1-3-5-4-2;2*1-4(2)3;1-3-4-2;1-3-2;1-2/h10H,2-9H2,1H3;8H,2-7H2,1H3;2*7H,2-6H2,1H3;6H,2-5H2,1H3;5H2,1-4H3;1-4H3;5H,4H2,1-3H3;3-5H2,1-2H3;2*4H,1-3H3;3-4H2,1-2H3;3H2,1-2H3;1-2H3/i;2D2;7D;2D2;6D;5D2;;4D2;3D2;4D;;;;. The molecule has 0 amide bonds. The average molecular weight is 1110 g/mol. The molecule has 0 radical (unpaired) electrons. The molecule has 478 valence electrons. The maximum Gasteiger partial charge on any atom is 0.0300 e. The van der Waals surface area contributed by atoms with Crippen molar-refractivity contribution >= 4 is 0 Å². The first-order valence-electron chi connectivity index (χ1n) is 40.2. The Bertz CT molecular complexity index is 1400. The zero-order valence-corrected chi connectivity index (χ0v) is 60.3. The fourth-order valence-electron chi connectivity index (χ4n) is 7.99. The maximum absolute atomic E-state index is 7.63. The lowest BCUT2D eigenvalue weighted by Crippen LogP contribution is -2.23. The van der Waals surface area contributed by atoms with Crippen molar-refractivity contribution in [2.75, 3.05) is 0 Å². The predicted octanol–water partition coefficient (Wildman–Crippen LogP) is 30.4. The summed E-state index contributed by atoms with van der Waals surface area (Å²) in [6.07, 6.45) is 34.5. The normalized spacial score (nSPS) is 22.3. The van der Waals surface area contributed by atoms with E-state index in [4.69, 9.17) is 17.8 Å². The van der Waals surface area contributed by atoms with Crippen LogP contribution in [-0.2, 0) is 0 Å². The van der Waals surface area contributed by atoms with Gasteiger partial charge in [-0.05, 0) is 89.2 Å². The van der Waals surface area contributed by atoms with Gasteiger partial charge in [-0.1, -0.05) is 413 Å². The van der Waals surface area contributed by atoms with Gasteiger partial charge in [0.25, 0.3) is 0 Å². The van der Waals surface area contributed by atoms with Crippen LogP contribution in [0, 0.1) is 63.5 Å². The molecule has 0 heteroatoms. The summed E-state index contributed by atoms with van der Waals surface area (Å²) in [5.74, 6) is 2.30. The Kier molecular flexibility index (Phi) is 60.4. The van der Waals surface area contributed by atoms with Crippen LogP contribution in [-0.4, -0.2) is 0 Å². The van der Waals surface area contributed by atoms with Crippen molar-refractivity contribution in [2.45, 2.75) is 439 Å². The fourth-order valence-corrected chi connectivity index (χ4v) is 7.99. The van der Waals surface area contributed by atoms with E-state index in [-0.39, 0.29) is 29.0 Å². The van der Waals surface area contributed by atoms with Gasteiger partial charge < -0.3 is 0 Å². The van der Waals surface area contributed by atoms with Gasteiger partial charge in [-0.3, -0.25) is 0 Å². The highest BCUT2D eigenvalue weighted by molar-refractivity contribution is 4.88. The van der Waals surface area contributed by atoms with Crippen LogP contribution in [0.3, 0.4) is 0 Å². The third-order valence-corrected chi connectivity index (χ3v) is 13.3. The molecule has 0 unspecified atom stereocenters. The zero-order valence-electron chi connectivity index (χ0n) is 73.3. The van der Waals surface area contributed by atoms with E-state index in [1.807, 2.05) is 90.0 Å². The van der Waals surface area contributed by atoms with E-state index in [9.17, 15) is 0 Å². The van der Waals surface area contributed by atoms with Crippen LogP contribution in [0.1, 0.15) is 456 Å². The van der Waals surface area contributed by atoms with E-state index in [0.717, 1.165) is 75.0 Å². The molecule has 6 aliphatic rings. The first-order valence-corrected chi connectivity index (χ1v) is 33.7. The van der Waals surface area contributed by atoms with Gasteiger partial charge in [0.1, 0.15) is 0 Å². The van der Waals surface area contributed by atoms with Crippen molar-refractivity contribution in [2.24, 2.45) is 63.5 Å². The minimum absolute atomic E-state index is 0.0556. The van der Waals surface area contributed by atoms with Crippen LogP contribution in [0.25, 0.3) is 0 Å². The monoisotopic (exact) mass is 1110 g/mol. The van der Waals surface area contributed by atoms with E-state index in [2.05, 4.69) is 83.1 Å². The van der Waals surface area contributed by atoms with Gasteiger partial charge in [-0.2, -0.15) is 0 Å². The van der Waals surface area contributed by atoms with Crippen LogP contribution in [0.2, 0.25) is 0 Å². The lowest BCUT2D eigenvalue weighted by Gasteiger charge is -2.36. The van der Waals surface area contributed by atoms with Gasteiger partial charge in [0.05, 0.1) is 0 Å². The van der Waals surface area contributed by atoms with Gasteiger partial charge in [0, 0.05) is 17.8 Å². The van der Waals surface area contributed by atoms with Crippen molar-refractivity contribution in [1.82, 2.24) is 0 Å². The highest BCUT2D eigenvalue weighted by Gasteiger charge is 2.36. The molecular weight excluding hydrogens is 925 g/mol. The summed E-state index contributed by atoms with van der Waals surface area (Å²) in [6.45, 7) is 59.6. The molecule has 0 heterocycles. The first kappa shape index (κ1) is 66.1. The lowest BCUT2D eigenvalue weighted by atomic mass is 9.70. The molecule has 0 nitrogen and oxygen atoms in total. The zero-order chi connectivity index (χ0) is 73.3. The third kappa shape index (κ3) is 105. The van der Waals surface area contributed by atoms with Gasteiger partial charge in [0.15, 0.2) is 0 Å². The highest BCUT2D eigenvalue weighted by Crippen LogP contribution is 2.50. The Morgan fingerprint density at radius 2 is 0.701 bits per heavy atom. The fraction of sp³-hybridized carbons (Fsp3) is 1.00. The lowest BCUT2D eigenvalue weighted by molar-refractivity contribution is 0.162. The van der Waals surface area contributed by atoms with Crippen LogP contribution in [0.5, 0.6) is 0 Å². The number of hydrogen-bond donors (Lipinski definition) is 0. The predicted molar refractivity (Wildman–Crippen MR) is 372 cm³/mol. The molecule has 0 saturated heterocycles. The van der Waals surface area contributed by atoms with Crippen molar-refractivity contribution in [3.63, 3.8) is 0 Å². The van der Waals surface area contributed by atoms with E-state index < -0.39 is 31.9 Å². The number of unbranched alkanes of at least 4 members (excludes halogenated alkanes) is 1. The number of hydrogen-bond acceptors (Lipinski definition) is 0. The molecule has 1 spiro atoms. The molecule has 0 atom stereocenters. The first-order chi connectivity index (χ1) is 40.2. The van der Waals surface area contributed by atoms with Gasteiger partial charge >= 0.3 is 0 Å². The third-order valence-electron chi connectivity index (χ3n) is 13.3. The Hall–Kier alpha value is 0. The van der Waals surface area contributed by atoms with Crippen molar-refractivity contribution in [3.8, 4) is 0 Å². The molecule has 6 rings (SSSR count). The SMILES string of the molecule is CC.CC(C)(C)C.CC(C)C.CC1CCC2(CCCC2)CC1.CCC.CCCC.[2H]C(C)(C)C.[2H]C([2H])(C)C(C)(C)C.[2H]C([2H])(C)C(C)C.[2H]C([2H])(C)C1CCCC1.[2H]C([2H])(C)C1CCCCC1.[2H]C([2H])(C)CCC.[2H]C1(C)CCCC1.[2H]C1(C)CCCCC1. The van der Waals surface area contributed by atoms with Gasteiger partial charge in [0.2, 0.25) is 0 Å². The molecule has 0 aromatic rings. The molecule has 6 aliphatic carbocycles. The van der Waals surface area contributed by atoms with Crippen LogP contribution in [0.4, 0.5) is 0 Å². The smallest absolute Gasteiger partial charge is 0.0300 e. The molecule has 0 N–H and O–H groups in total. The van der Waals surface area contributed by atoms with Crippen molar-refractivity contribution in [3.05, 3.63) is 0 Å². The van der Waals surface area contributed by atoms with Crippen molar-refractivity contribution < 1.29 is 17.8 Å². The summed E-state index contributed by atoms with van der Waals surface area (Å²) >= 11 is 0. The molecule has 0 aromatic heterocycles. The van der Waals surface area contributed by atoms with E-state index in [0.29, 0.717) is 23.7 Å². The summed E-state index contributed by atoms with van der Waals surface area (Å²) in [6, 6.07) is 0. The van der Waals surface area contributed by atoms with E-state index in [1.165, 1.54) is 109 Å². The molecule has 0 aromatic carbocycles. The second kappa shape index (κ2) is 70.3. The second-order valence-electron chi connectivity index (χ2n) is 27.5. The van der Waals surface area contributed by atoms with Crippen LogP contribution < -0.4 is 0 Å². The van der Waals surface area contributed by atoms with Crippen LogP contribution in [0.15, 0.2) is 0 Å². The molecular formula is C77H170. The summed E-state index contributed by atoms with van der Waals surface area (Å²) in [5, 5.41) is 0. The highest BCUT2D eigenvalue weighted by atomic mass is 14.4. The minimum atomic E-state index is -1.06. The Balaban J connectivity index is -0.000000136. The Labute approximate surface area is 518 Å². The molecule has 0 aliphatic heterocycles. The summed E-state index contributed by atoms with van der Waals surface area (Å²) in [7, 11) is 0. The van der Waals surface area contributed by atoms with E-state index >= 15 is 0 Å². The van der Waals surface area contributed by atoms with Crippen LogP contribution >= 0.6 is 0 Å². The van der Waals surface area contributed by atoms with Gasteiger partial charge in [-0.15, -0.1) is 0 Å². The second-order valence-corrected chi connectivity index (χ2v) is 27.5. The summed E-state index contributed by atoms with van der Waals surface area (Å²) in [5.41, 5.74) is 1.12. The minimum Gasteiger partial charge on any atom is -0.0683 e. The maximum atomic E-state index is 7.63. The average Bonchev–Trinajstić information content (AvgIpc) is 4.30. The Morgan fingerprint density at radius 3 is 0.857 bits per heavy atom. The quantitative estimate of drug-likeness (QED) is 0.249. The topological polar surface area (TPSA) is 0 Å². The molecule has 77 heavy (non-hydrogen) atoms. The van der Waals surface area contributed by atoms with Crippen molar-refractivity contribution in [1.29, 1.82) is 0 Å². The van der Waals surface area contributed by atoms with E-state index in [1.54, 1.807) is 60.3 Å². The molecule has 6 fully saturated rings. The van der Waals surface area contributed by atoms with Gasteiger partial charge in [-0.25, -0.2) is 0 Å². The summed E-state index contributed by atoms with van der Waals surface area (Å²) in [4.78, 5) is 0. The largest absolute Gasteiger partial charge is 0.0683 e. The summed E-state index contributed by atoms with van der Waals surface area (Å²) < 4.78 is 94.4. The Morgan fingerprint density at radius 1 is 0.455 bits per heavy atom. The number of rotatable bonds is 6. The molecule has 6 saturated carbocycles. The molecule has 0 bridgehead atoms.